The van der Waals surface area contributed by atoms with Gasteiger partial charge in [-0.15, -0.1) is 29.9 Å². The molecule has 1 aromatic carbocycles. The second kappa shape index (κ2) is 12.0. The number of aromatic nitrogens is 3. The second-order valence-electron chi connectivity index (χ2n) is 7.03. The summed E-state index contributed by atoms with van der Waals surface area (Å²) in [5, 5.41) is 14.5. The summed E-state index contributed by atoms with van der Waals surface area (Å²) in [5.41, 5.74) is 1.44. The molecule has 2 aromatic rings. The van der Waals surface area contributed by atoms with E-state index in [4.69, 9.17) is 4.74 Å². The molecule has 0 saturated carbocycles. The molecule has 1 amide bonds. The lowest BCUT2D eigenvalue weighted by molar-refractivity contribution is 0.0937. The molecule has 1 atom stereocenters. The van der Waals surface area contributed by atoms with E-state index in [1.807, 2.05) is 43.0 Å². The fraction of sp³-hybridized carbons (Fsp3) is 0.526. The summed E-state index contributed by atoms with van der Waals surface area (Å²) in [6.07, 6.45) is 3.76. The first kappa shape index (κ1) is 25.2. The van der Waals surface area contributed by atoms with E-state index in [2.05, 4.69) is 25.8 Å². The van der Waals surface area contributed by atoms with E-state index in [1.165, 1.54) is 0 Å². The van der Waals surface area contributed by atoms with Crippen molar-refractivity contribution in [3.63, 3.8) is 0 Å². The monoisotopic (exact) mass is 444 g/mol. The standard InChI is InChI=1S/C19H28N6O2.2ClH/c1-24(2)18(14-5-4-6-16(11-14)27-3)12-21-19(26)17-13-25(23-22-17)15-7-9-20-10-8-15;;/h4-6,11,13,15,18,20H,7-10,12H2,1-3H3,(H,21,26);2*1H. The third-order valence-electron chi connectivity index (χ3n) is 4.98. The average Bonchev–Trinajstić information content (AvgIpc) is 3.19. The number of ether oxygens (including phenoxy) is 1. The largest absolute Gasteiger partial charge is 0.497 e. The van der Waals surface area contributed by atoms with E-state index in [0.29, 0.717) is 18.3 Å². The molecule has 2 N–H and O–H groups in total. The normalized spacial score (nSPS) is 15.2. The van der Waals surface area contributed by atoms with Gasteiger partial charge in [0, 0.05) is 6.54 Å². The zero-order valence-electron chi connectivity index (χ0n) is 17.0. The van der Waals surface area contributed by atoms with Crippen LogP contribution < -0.4 is 15.4 Å². The highest BCUT2D eigenvalue weighted by atomic mass is 35.5. The lowest BCUT2D eigenvalue weighted by Gasteiger charge is -2.25. The number of nitrogens with one attached hydrogen (secondary N) is 2. The third-order valence-corrected chi connectivity index (χ3v) is 4.98. The number of hydrogen-bond acceptors (Lipinski definition) is 6. The van der Waals surface area contributed by atoms with Crippen LogP contribution in [-0.4, -0.2) is 66.6 Å². The first-order valence-electron chi connectivity index (χ1n) is 9.29. The Hall–Kier alpha value is -1.87. The number of halogens is 2. The van der Waals surface area contributed by atoms with Crippen molar-refractivity contribution < 1.29 is 9.53 Å². The summed E-state index contributed by atoms with van der Waals surface area (Å²) < 4.78 is 7.13. The molecule has 0 aliphatic carbocycles. The van der Waals surface area contributed by atoms with Gasteiger partial charge in [-0.05, 0) is 57.7 Å². The molecule has 2 heterocycles. The first-order chi connectivity index (χ1) is 13.1. The van der Waals surface area contributed by atoms with Crippen LogP contribution >= 0.6 is 24.8 Å². The molecule has 1 saturated heterocycles. The Morgan fingerprint density at radius 3 is 2.72 bits per heavy atom. The number of rotatable bonds is 7. The number of carbonyl (C=O) groups is 1. The predicted molar refractivity (Wildman–Crippen MR) is 117 cm³/mol. The Labute approximate surface area is 184 Å². The van der Waals surface area contributed by atoms with Gasteiger partial charge < -0.3 is 20.3 Å². The minimum absolute atomic E-state index is 0. The van der Waals surface area contributed by atoms with Crippen LogP contribution in [0.3, 0.4) is 0 Å². The highest BCUT2D eigenvalue weighted by Gasteiger charge is 2.20. The summed E-state index contributed by atoms with van der Waals surface area (Å²) in [4.78, 5) is 14.6. The Morgan fingerprint density at radius 2 is 2.07 bits per heavy atom. The minimum Gasteiger partial charge on any atom is -0.497 e. The molecule has 1 unspecified atom stereocenters. The number of hydrogen-bond donors (Lipinski definition) is 2. The molecular weight excluding hydrogens is 415 g/mol. The van der Waals surface area contributed by atoms with E-state index in [0.717, 1.165) is 37.2 Å². The lowest BCUT2D eigenvalue weighted by Crippen LogP contribution is -2.34. The van der Waals surface area contributed by atoms with Crippen LogP contribution in [0.25, 0.3) is 0 Å². The Bertz CT molecular complexity index is 765. The van der Waals surface area contributed by atoms with Crippen molar-refractivity contribution in [2.45, 2.75) is 24.9 Å². The summed E-state index contributed by atoms with van der Waals surface area (Å²) in [6.45, 7) is 2.41. The third kappa shape index (κ3) is 6.57. The summed E-state index contributed by atoms with van der Waals surface area (Å²) in [6, 6.07) is 8.23. The molecule has 162 valence electrons. The molecule has 0 radical (unpaired) electrons. The summed E-state index contributed by atoms with van der Waals surface area (Å²) >= 11 is 0. The highest BCUT2D eigenvalue weighted by molar-refractivity contribution is 5.91. The number of benzene rings is 1. The van der Waals surface area contributed by atoms with Gasteiger partial charge in [-0.3, -0.25) is 4.79 Å². The Kier molecular flexibility index (Phi) is 10.4. The quantitative estimate of drug-likeness (QED) is 0.679. The Morgan fingerprint density at radius 1 is 1.34 bits per heavy atom. The highest BCUT2D eigenvalue weighted by Crippen LogP contribution is 2.22. The van der Waals surface area contributed by atoms with Crippen LogP contribution in [0.4, 0.5) is 0 Å². The molecule has 10 heteroatoms. The minimum atomic E-state index is -0.204. The number of likely N-dealkylation sites (N-methyl/N-ethyl adjacent to an activating group) is 1. The number of amides is 1. The van der Waals surface area contributed by atoms with Crippen LogP contribution in [0.2, 0.25) is 0 Å². The fourth-order valence-corrected chi connectivity index (χ4v) is 3.36. The molecule has 1 aliphatic heterocycles. The van der Waals surface area contributed by atoms with Crippen molar-refractivity contribution in [2.24, 2.45) is 0 Å². The molecule has 1 aromatic heterocycles. The second-order valence-corrected chi connectivity index (χ2v) is 7.03. The number of methoxy groups -OCH3 is 1. The predicted octanol–water partition coefficient (Wildman–Crippen LogP) is 2.09. The van der Waals surface area contributed by atoms with E-state index in [1.54, 1.807) is 13.3 Å². The van der Waals surface area contributed by atoms with Crippen molar-refractivity contribution in [1.29, 1.82) is 0 Å². The van der Waals surface area contributed by atoms with Crippen LogP contribution in [0.15, 0.2) is 30.5 Å². The maximum absolute atomic E-state index is 12.5. The molecule has 0 bridgehead atoms. The van der Waals surface area contributed by atoms with Gasteiger partial charge in [0.05, 0.1) is 25.4 Å². The van der Waals surface area contributed by atoms with Crippen molar-refractivity contribution in [2.75, 3.05) is 40.8 Å². The van der Waals surface area contributed by atoms with Crippen LogP contribution in [-0.2, 0) is 0 Å². The molecule has 1 fully saturated rings. The number of nitrogens with zero attached hydrogens (tertiary/aromatic N) is 4. The molecule has 3 rings (SSSR count). The van der Waals surface area contributed by atoms with E-state index < -0.39 is 0 Å². The topological polar surface area (TPSA) is 84.3 Å². The van der Waals surface area contributed by atoms with Crippen molar-refractivity contribution >= 4 is 30.7 Å². The van der Waals surface area contributed by atoms with Gasteiger partial charge in [0.1, 0.15) is 5.75 Å². The zero-order chi connectivity index (χ0) is 19.2. The van der Waals surface area contributed by atoms with Crippen molar-refractivity contribution in [3.05, 3.63) is 41.7 Å². The smallest absolute Gasteiger partial charge is 0.273 e. The molecule has 29 heavy (non-hydrogen) atoms. The zero-order valence-corrected chi connectivity index (χ0v) is 18.6. The summed E-state index contributed by atoms with van der Waals surface area (Å²) in [5.74, 6) is 0.598. The first-order valence-corrected chi connectivity index (χ1v) is 9.29. The van der Waals surface area contributed by atoms with Crippen LogP contribution in [0, 0.1) is 0 Å². The molecule has 1 aliphatic rings. The van der Waals surface area contributed by atoms with E-state index in [-0.39, 0.29) is 36.8 Å². The SMILES string of the molecule is COc1cccc(C(CNC(=O)c2cn(C3CCNCC3)nn2)N(C)C)c1.Cl.Cl. The van der Waals surface area contributed by atoms with Crippen molar-refractivity contribution in [1.82, 2.24) is 30.5 Å². The fourth-order valence-electron chi connectivity index (χ4n) is 3.36. The van der Waals surface area contributed by atoms with Gasteiger partial charge in [0.2, 0.25) is 0 Å². The molecule has 0 spiro atoms. The summed E-state index contributed by atoms with van der Waals surface area (Å²) in [7, 11) is 5.63. The molecular formula is C19H30Cl2N6O2. The van der Waals surface area contributed by atoms with Crippen LogP contribution in [0.1, 0.15) is 41.0 Å². The van der Waals surface area contributed by atoms with E-state index >= 15 is 0 Å². The number of carbonyl (C=O) groups excluding carboxylic acids is 1. The van der Waals surface area contributed by atoms with Crippen LogP contribution in [0.5, 0.6) is 5.75 Å². The Balaban J connectivity index is 0.00000210. The van der Waals surface area contributed by atoms with Gasteiger partial charge in [-0.2, -0.15) is 0 Å². The van der Waals surface area contributed by atoms with Crippen molar-refractivity contribution in [3.8, 4) is 5.75 Å². The van der Waals surface area contributed by atoms with Gasteiger partial charge >= 0.3 is 0 Å². The molecule has 8 nitrogen and oxygen atoms in total. The lowest BCUT2D eigenvalue weighted by atomic mass is 10.1. The maximum atomic E-state index is 12.5. The van der Waals surface area contributed by atoms with Gasteiger partial charge in [-0.25, -0.2) is 4.68 Å². The maximum Gasteiger partial charge on any atom is 0.273 e. The van der Waals surface area contributed by atoms with Gasteiger partial charge in [-0.1, -0.05) is 17.3 Å². The van der Waals surface area contributed by atoms with Gasteiger partial charge in [0.25, 0.3) is 5.91 Å². The van der Waals surface area contributed by atoms with Gasteiger partial charge in [0.15, 0.2) is 5.69 Å². The average molecular weight is 445 g/mol. The van der Waals surface area contributed by atoms with E-state index in [9.17, 15) is 4.79 Å². The number of piperidine rings is 1.